The van der Waals surface area contributed by atoms with Crippen LogP contribution in [0.3, 0.4) is 0 Å². The van der Waals surface area contributed by atoms with Gasteiger partial charge >= 0.3 is 6.03 Å². The molecule has 3 aromatic carbocycles. The summed E-state index contributed by atoms with van der Waals surface area (Å²) < 4.78 is 18.8. The topological polar surface area (TPSA) is 50.4 Å². The van der Waals surface area contributed by atoms with Crippen molar-refractivity contribution in [1.82, 2.24) is 0 Å². The minimum Gasteiger partial charge on any atom is -0.489 e. The molecule has 3 aromatic rings. The van der Waals surface area contributed by atoms with E-state index in [2.05, 4.69) is 10.6 Å². The van der Waals surface area contributed by atoms with Crippen LogP contribution in [0.1, 0.15) is 5.56 Å². The van der Waals surface area contributed by atoms with Gasteiger partial charge in [0, 0.05) is 16.4 Å². The number of amides is 2. The summed E-state index contributed by atoms with van der Waals surface area (Å²) in [7, 11) is 0. The molecule has 0 saturated carbocycles. The Balaban J connectivity index is 1.52. The number of hydrogen-bond acceptors (Lipinski definition) is 2. The van der Waals surface area contributed by atoms with E-state index in [1.807, 2.05) is 24.3 Å². The number of benzene rings is 3. The van der Waals surface area contributed by atoms with Gasteiger partial charge in [0.2, 0.25) is 0 Å². The summed E-state index contributed by atoms with van der Waals surface area (Å²) in [5, 5.41) is 5.92. The Labute approximate surface area is 155 Å². The predicted octanol–water partition coefficient (Wildman–Crippen LogP) is 5.70. The number of ether oxygens (including phenoxy) is 1. The van der Waals surface area contributed by atoms with E-state index >= 15 is 0 Å². The highest BCUT2D eigenvalue weighted by molar-refractivity contribution is 6.30. The Hall–Kier alpha value is -3.05. The van der Waals surface area contributed by atoms with Gasteiger partial charge in [-0.1, -0.05) is 29.8 Å². The molecular formula is C20H16ClFN2O2. The molecule has 0 unspecified atom stereocenters. The van der Waals surface area contributed by atoms with Crippen LogP contribution in [0.4, 0.5) is 20.6 Å². The van der Waals surface area contributed by atoms with Gasteiger partial charge in [-0.2, -0.15) is 0 Å². The van der Waals surface area contributed by atoms with Crippen LogP contribution in [-0.2, 0) is 6.61 Å². The highest BCUT2D eigenvalue weighted by Gasteiger charge is 2.04. The maximum atomic E-state index is 13.1. The third-order valence-corrected chi connectivity index (χ3v) is 3.77. The first-order chi connectivity index (χ1) is 12.6. The molecule has 0 radical (unpaired) electrons. The molecular weight excluding hydrogens is 355 g/mol. The first kappa shape index (κ1) is 17.8. The minimum atomic E-state index is -0.453. The first-order valence-corrected chi connectivity index (χ1v) is 8.27. The molecule has 0 spiro atoms. The zero-order valence-electron chi connectivity index (χ0n) is 13.7. The monoisotopic (exact) mass is 370 g/mol. The van der Waals surface area contributed by atoms with E-state index in [0.29, 0.717) is 28.8 Å². The average Bonchev–Trinajstić information content (AvgIpc) is 2.62. The molecule has 0 bridgehead atoms. The van der Waals surface area contributed by atoms with Crippen molar-refractivity contribution in [2.45, 2.75) is 6.61 Å². The fraction of sp³-hybridized carbons (Fsp3) is 0.0500. The second kappa shape index (κ2) is 8.36. The molecule has 0 atom stereocenters. The quantitative estimate of drug-likeness (QED) is 0.605. The molecule has 0 aromatic heterocycles. The standard InChI is InChI=1S/C20H16ClFN2O2/c21-15-6-4-14(5-7-15)13-26-19-10-8-17(9-11-19)23-20(25)24-18-3-1-2-16(22)12-18/h1-12H,13H2,(H2,23,24,25). The van der Waals surface area contributed by atoms with Crippen molar-refractivity contribution in [3.05, 3.63) is 89.2 Å². The van der Waals surface area contributed by atoms with Crippen molar-refractivity contribution in [2.75, 3.05) is 10.6 Å². The Morgan fingerprint density at radius 2 is 1.62 bits per heavy atom. The number of carbonyl (C=O) groups excluding carboxylic acids is 1. The van der Waals surface area contributed by atoms with Crippen molar-refractivity contribution in [3.63, 3.8) is 0 Å². The fourth-order valence-corrected chi connectivity index (χ4v) is 2.37. The summed E-state index contributed by atoms with van der Waals surface area (Å²) in [6.45, 7) is 0.421. The second-order valence-corrected chi connectivity index (χ2v) is 5.97. The molecule has 6 heteroatoms. The van der Waals surface area contributed by atoms with Gasteiger partial charge in [0.25, 0.3) is 0 Å². The van der Waals surface area contributed by atoms with Crippen LogP contribution in [0, 0.1) is 5.82 Å². The summed E-state index contributed by atoms with van der Waals surface area (Å²) in [5.74, 6) is 0.265. The van der Waals surface area contributed by atoms with E-state index in [9.17, 15) is 9.18 Å². The Morgan fingerprint density at radius 1 is 0.923 bits per heavy atom. The van der Waals surface area contributed by atoms with E-state index in [0.717, 1.165) is 5.56 Å². The van der Waals surface area contributed by atoms with Gasteiger partial charge in [0.1, 0.15) is 18.2 Å². The van der Waals surface area contributed by atoms with Crippen LogP contribution >= 0.6 is 11.6 Å². The molecule has 0 saturated heterocycles. The molecule has 0 aliphatic heterocycles. The lowest BCUT2D eigenvalue weighted by Crippen LogP contribution is -2.19. The number of nitrogens with one attached hydrogen (secondary N) is 2. The third-order valence-electron chi connectivity index (χ3n) is 3.51. The summed E-state index contributed by atoms with van der Waals surface area (Å²) in [6.07, 6.45) is 0. The highest BCUT2D eigenvalue weighted by Crippen LogP contribution is 2.18. The van der Waals surface area contributed by atoms with E-state index in [4.69, 9.17) is 16.3 Å². The summed E-state index contributed by atoms with van der Waals surface area (Å²) in [5.41, 5.74) is 1.98. The number of hydrogen-bond donors (Lipinski definition) is 2. The molecule has 4 nitrogen and oxygen atoms in total. The van der Waals surface area contributed by atoms with Crippen molar-refractivity contribution in [1.29, 1.82) is 0 Å². The molecule has 0 aliphatic carbocycles. The first-order valence-electron chi connectivity index (χ1n) is 7.89. The molecule has 0 heterocycles. The smallest absolute Gasteiger partial charge is 0.323 e. The van der Waals surface area contributed by atoms with Gasteiger partial charge in [-0.3, -0.25) is 0 Å². The summed E-state index contributed by atoms with van der Waals surface area (Å²) in [6, 6.07) is 19.6. The SMILES string of the molecule is O=C(Nc1ccc(OCc2ccc(Cl)cc2)cc1)Nc1cccc(F)c1. The van der Waals surface area contributed by atoms with Crippen molar-refractivity contribution in [3.8, 4) is 5.75 Å². The lowest BCUT2D eigenvalue weighted by molar-refractivity contribution is 0.262. The highest BCUT2D eigenvalue weighted by atomic mass is 35.5. The van der Waals surface area contributed by atoms with Crippen molar-refractivity contribution < 1.29 is 13.9 Å². The average molecular weight is 371 g/mol. The number of carbonyl (C=O) groups is 1. The molecule has 2 amide bonds. The zero-order chi connectivity index (χ0) is 18.4. The Bertz CT molecular complexity index is 883. The minimum absolute atomic E-state index is 0.380. The fourth-order valence-electron chi connectivity index (χ4n) is 2.24. The molecule has 0 aliphatic rings. The number of halogens is 2. The van der Waals surface area contributed by atoms with E-state index < -0.39 is 11.8 Å². The molecule has 26 heavy (non-hydrogen) atoms. The van der Waals surface area contributed by atoms with E-state index in [-0.39, 0.29) is 0 Å². The number of anilines is 2. The molecule has 3 rings (SSSR count). The number of urea groups is 1. The summed E-state index contributed by atoms with van der Waals surface area (Å²) >= 11 is 5.85. The van der Waals surface area contributed by atoms with Gasteiger partial charge in [-0.05, 0) is 60.2 Å². The van der Waals surface area contributed by atoms with Crippen LogP contribution in [-0.4, -0.2) is 6.03 Å². The van der Waals surface area contributed by atoms with E-state index in [1.165, 1.54) is 18.2 Å². The van der Waals surface area contributed by atoms with Gasteiger partial charge < -0.3 is 15.4 Å². The van der Waals surface area contributed by atoms with Crippen LogP contribution in [0.5, 0.6) is 5.75 Å². The lowest BCUT2D eigenvalue weighted by Gasteiger charge is -2.10. The maximum absolute atomic E-state index is 13.1. The zero-order valence-corrected chi connectivity index (χ0v) is 14.5. The Morgan fingerprint density at radius 3 is 2.31 bits per heavy atom. The lowest BCUT2D eigenvalue weighted by atomic mass is 10.2. The van der Waals surface area contributed by atoms with Gasteiger partial charge in [-0.25, -0.2) is 9.18 Å². The predicted molar refractivity (Wildman–Crippen MR) is 101 cm³/mol. The maximum Gasteiger partial charge on any atom is 0.323 e. The second-order valence-electron chi connectivity index (χ2n) is 5.53. The van der Waals surface area contributed by atoms with Crippen LogP contribution < -0.4 is 15.4 Å². The van der Waals surface area contributed by atoms with E-state index in [1.54, 1.807) is 30.3 Å². The normalized spacial score (nSPS) is 10.2. The van der Waals surface area contributed by atoms with Crippen LogP contribution in [0.2, 0.25) is 5.02 Å². The largest absolute Gasteiger partial charge is 0.489 e. The molecule has 2 N–H and O–H groups in total. The number of rotatable bonds is 5. The van der Waals surface area contributed by atoms with Gasteiger partial charge in [0.05, 0.1) is 0 Å². The molecule has 0 fully saturated rings. The molecule has 132 valence electrons. The van der Waals surface area contributed by atoms with Crippen LogP contribution in [0.15, 0.2) is 72.8 Å². The summed E-state index contributed by atoms with van der Waals surface area (Å²) in [4.78, 5) is 11.9. The van der Waals surface area contributed by atoms with Crippen molar-refractivity contribution >= 4 is 29.0 Å². The van der Waals surface area contributed by atoms with Gasteiger partial charge in [-0.15, -0.1) is 0 Å². The van der Waals surface area contributed by atoms with Crippen LogP contribution in [0.25, 0.3) is 0 Å². The van der Waals surface area contributed by atoms with Crippen molar-refractivity contribution in [2.24, 2.45) is 0 Å². The Kier molecular flexibility index (Phi) is 5.71. The van der Waals surface area contributed by atoms with Gasteiger partial charge in [0.15, 0.2) is 0 Å². The third kappa shape index (κ3) is 5.22.